The summed E-state index contributed by atoms with van der Waals surface area (Å²) < 4.78 is 18.8. The number of carbonyl (C=O) groups is 1. The summed E-state index contributed by atoms with van der Waals surface area (Å²) in [6, 6.07) is 9.51. The Labute approximate surface area is 175 Å². The molecule has 31 heavy (non-hydrogen) atoms. The number of nitrogens with one attached hydrogen (secondary N) is 1. The minimum absolute atomic E-state index is 0.0323. The number of aromatic nitrogens is 4. The third-order valence-electron chi connectivity index (χ3n) is 4.99. The van der Waals surface area contributed by atoms with Gasteiger partial charge in [0.25, 0.3) is 5.89 Å². The Morgan fingerprint density at radius 1 is 1.19 bits per heavy atom. The topological polar surface area (TPSA) is 117 Å². The van der Waals surface area contributed by atoms with Gasteiger partial charge in [0.15, 0.2) is 11.4 Å². The largest absolute Gasteiger partial charge is 0.504 e. The number of fused-ring (bicyclic) bond motifs is 1. The number of amides is 1. The maximum absolute atomic E-state index is 13.1. The fourth-order valence-electron chi connectivity index (χ4n) is 3.51. The number of hydrogen-bond acceptors (Lipinski definition) is 8. The SMILES string of the molecule is O=C1CN(c2nc(-c3nnc(Cc4ccc(F)cc4)o3)c(O)c3ncccc23)CCN1. The molecule has 0 bridgehead atoms. The highest BCUT2D eigenvalue weighted by molar-refractivity contribution is 5.98. The van der Waals surface area contributed by atoms with Crippen LogP contribution in [0, 0.1) is 5.82 Å². The van der Waals surface area contributed by atoms with Crippen molar-refractivity contribution in [2.75, 3.05) is 24.5 Å². The second kappa shape index (κ2) is 7.63. The van der Waals surface area contributed by atoms with Gasteiger partial charge in [0.1, 0.15) is 17.2 Å². The third-order valence-corrected chi connectivity index (χ3v) is 4.99. The second-order valence-corrected chi connectivity index (χ2v) is 7.11. The number of hydrogen-bond donors (Lipinski definition) is 2. The van der Waals surface area contributed by atoms with Gasteiger partial charge in [0, 0.05) is 24.7 Å². The first-order chi connectivity index (χ1) is 15.1. The maximum atomic E-state index is 13.1. The molecule has 0 spiro atoms. The molecule has 1 saturated heterocycles. The monoisotopic (exact) mass is 420 g/mol. The smallest absolute Gasteiger partial charge is 0.270 e. The summed E-state index contributed by atoms with van der Waals surface area (Å²) in [5.41, 5.74) is 1.21. The van der Waals surface area contributed by atoms with E-state index >= 15 is 0 Å². The standard InChI is InChI=1S/C21H17FN6O3/c22-13-5-3-12(4-6-13)10-16-26-27-21(31-16)18-19(30)17-14(2-1-7-24-17)20(25-18)28-9-8-23-15(29)11-28/h1-7,30H,8-11H2,(H,23,29). The van der Waals surface area contributed by atoms with Crippen molar-refractivity contribution in [3.8, 4) is 17.3 Å². The van der Waals surface area contributed by atoms with Crippen LogP contribution in [0.2, 0.25) is 0 Å². The number of aromatic hydroxyl groups is 1. The number of halogens is 1. The second-order valence-electron chi connectivity index (χ2n) is 7.11. The highest BCUT2D eigenvalue weighted by atomic mass is 19.1. The van der Waals surface area contributed by atoms with Crippen molar-refractivity contribution in [2.24, 2.45) is 0 Å². The van der Waals surface area contributed by atoms with Crippen LogP contribution in [0.25, 0.3) is 22.5 Å². The zero-order valence-corrected chi connectivity index (χ0v) is 16.2. The number of piperazine rings is 1. The van der Waals surface area contributed by atoms with Crippen LogP contribution in [0.15, 0.2) is 47.0 Å². The van der Waals surface area contributed by atoms with Crippen LogP contribution in [-0.4, -0.2) is 50.8 Å². The Morgan fingerprint density at radius 3 is 2.84 bits per heavy atom. The molecule has 0 unspecified atom stereocenters. The molecule has 156 valence electrons. The average Bonchev–Trinajstić information content (AvgIpc) is 3.24. The van der Waals surface area contributed by atoms with Crippen molar-refractivity contribution in [2.45, 2.75) is 6.42 Å². The van der Waals surface area contributed by atoms with E-state index in [-0.39, 0.29) is 35.6 Å². The summed E-state index contributed by atoms with van der Waals surface area (Å²) in [6.07, 6.45) is 1.87. The van der Waals surface area contributed by atoms with Gasteiger partial charge in [-0.15, -0.1) is 10.2 Å². The Balaban J connectivity index is 1.55. The van der Waals surface area contributed by atoms with Gasteiger partial charge in [-0.1, -0.05) is 12.1 Å². The molecule has 10 heteroatoms. The van der Waals surface area contributed by atoms with E-state index in [2.05, 4.69) is 25.5 Å². The summed E-state index contributed by atoms with van der Waals surface area (Å²) in [6.45, 7) is 1.19. The maximum Gasteiger partial charge on any atom is 0.270 e. The third kappa shape index (κ3) is 3.63. The van der Waals surface area contributed by atoms with Gasteiger partial charge in [-0.2, -0.15) is 0 Å². The molecule has 1 aromatic carbocycles. The Morgan fingerprint density at radius 2 is 2.03 bits per heavy atom. The Kier molecular flexibility index (Phi) is 4.66. The minimum Gasteiger partial charge on any atom is -0.504 e. The molecule has 9 nitrogen and oxygen atoms in total. The van der Waals surface area contributed by atoms with Gasteiger partial charge >= 0.3 is 0 Å². The summed E-state index contributed by atoms with van der Waals surface area (Å²) in [5, 5.41) is 22.3. The van der Waals surface area contributed by atoms with Crippen LogP contribution in [0.4, 0.5) is 10.2 Å². The fourth-order valence-corrected chi connectivity index (χ4v) is 3.51. The van der Waals surface area contributed by atoms with Gasteiger partial charge < -0.3 is 19.7 Å². The molecule has 1 aliphatic heterocycles. The van der Waals surface area contributed by atoms with Gasteiger partial charge in [0.05, 0.1) is 13.0 Å². The molecule has 0 saturated carbocycles. The first-order valence-corrected chi connectivity index (χ1v) is 9.65. The first-order valence-electron chi connectivity index (χ1n) is 9.65. The van der Waals surface area contributed by atoms with Crippen molar-refractivity contribution >= 4 is 22.6 Å². The molecule has 1 fully saturated rings. The minimum atomic E-state index is -0.327. The average molecular weight is 420 g/mol. The lowest BCUT2D eigenvalue weighted by Crippen LogP contribution is -2.48. The molecule has 4 aromatic rings. The van der Waals surface area contributed by atoms with Gasteiger partial charge in [0.2, 0.25) is 11.8 Å². The summed E-state index contributed by atoms with van der Waals surface area (Å²) >= 11 is 0. The molecule has 3 aromatic heterocycles. The number of nitrogens with zero attached hydrogens (tertiary/aromatic N) is 5. The Bertz CT molecular complexity index is 1270. The number of benzene rings is 1. The molecule has 5 rings (SSSR count). The summed E-state index contributed by atoms with van der Waals surface area (Å²) in [5.74, 6) is 0.209. The predicted octanol–water partition coefficient (Wildman–Crippen LogP) is 2.05. The van der Waals surface area contributed by atoms with Crippen molar-refractivity contribution in [3.63, 3.8) is 0 Å². The number of rotatable bonds is 4. The van der Waals surface area contributed by atoms with Gasteiger partial charge in [-0.3, -0.25) is 9.78 Å². The number of carbonyl (C=O) groups excluding carboxylic acids is 1. The zero-order chi connectivity index (χ0) is 21.4. The van der Waals surface area contributed by atoms with Crippen LogP contribution in [-0.2, 0) is 11.2 Å². The van der Waals surface area contributed by atoms with E-state index in [0.717, 1.165) is 5.56 Å². The molecular weight excluding hydrogens is 403 g/mol. The van der Waals surface area contributed by atoms with Crippen molar-refractivity contribution in [1.29, 1.82) is 0 Å². The van der Waals surface area contributed by atoms with E-state index in [1.165, 1.54) is 12.1 Å². The van der Waals surface area contributed by atoms with Crippen LogP contribution in [0.1, 0.15) is 11.5 Å². The zero-order valence-electron chi connectivity index (χ0n) is 16.2. The fraction of sp³-hybridized carbons (Fsp3) is 0.190. The van der Waals surface area contributed by atoms with Gasteiger partial charge in [-0.25, -0.2) is 9.37 Å². The number of pyridine rings is 2. The lowest BCUT2D eigenvalue weighted by molar-refractivity contribution is -0.120. The van der Waals surface area contributed by atoms with E-state index in [1.54, 1.807) is 30.5 Å². The molecule has 0 radical (unpaired) electrons. The van der Waals surface area contributed by atoms with E-state index in [9.17, 15) is 14.3 Å². The van der Waals surface area contributed by atoms with Crippen molar-refractivity contribution in [3.05, 3.63) is 59.9 Å². The quantitative estimate of drug-likeness (QED) is 0.515. The highest BCUT2D eigenvalue weighted by Crippen LogP contribution is 2.37. The lowest BCUT2D eigenvalue weighted by atomic mass is 10.1. The van der Waals surface area contributed by atoms with Crippen molar-refractivity contribution < 1.29 is 18.7 Å². The van der Waals surface area contributed by atoms with Crippen LogP contribution >= 0.6 is 0 Å². The van der Waals surface area contributed by atoms with Crippen LogP contribution in [0.5, 0.6) is 5.75 Å². The molecule has 0 aliphatic carbocycles. The van der Waals surface area contributed by atoms with Gasteiger partial charge in [-0.05, 0) is 29.8 Å². The van der Waals surface area contributed by atoms with E-state index in [0.29, 0.717) is 42.1 Å². The van der Waals surface area contributed by atoms with E-state index in [4.69, 9.17) is 4.42 Å². The molecule has 2 N–H and O–H groups in total. The highest BCUT2D eigenvalue weighted by Gasteiger charge is 2.25. The Hall–Kier alpha value is -4.08. The molecule has 1 aliphatic rings. The summed E-state index contributed by atoms with van der Waals surface area (Å²) in [7, 11) is 0. The summed E-state index contributed by atoms with van der Waals surface area (Å²) in [4.78, 5) is 22.6. The van der Waals surface area contributed by atoms with Crippen LogP contribution in [0.3, 0.4) is 0 Å². The normalized spacial score (nSPS) is 14.1. The van der Waals surface area contributed by atoms with E-state index < -0.39 is 0 Å². The predicted molar refractivity (Wildman–Crippen MR) is 109 cm³/mol. The first kappa shape index (κ1) is 18.9. The number of anilines is 1. The van der Waals surface area contributed by atoms with E-state index in [1.807, 2.05) is 4.90 Å². The van der Waals surface area contributed by atoms with Crippen LogP contribution < -0.4 is 10.2 Å². The lowest BCUT2D eigenvalue weighted by Gasteiger charge is -2.28. The van der Waals surface area contributed by atoms with Crippen molar-refractivity contribution in [1.82, 2.24) is 25.5 Å². The molecule has 4 heterocycles. The molecule has 1 amide bonds. The molecular formula is C21H17FN6O3. The molecule has 0 atom stereocenters.